The first kappa shape index (κ1) is 22.1. The molecule has 1 heterocycles. The highest BCUT2D eigenvalue weighted by Gasteiger charge is 2.48. The van der Waals surface area contributed by atoms with Crippen molar-refractivity contribution in [3.05, 3.63) is 90.0 Å². The summed E-state index contributed by atoms with van der Waals surface area (Å²) in [6.07, 6.45) is 3.81. The lowest BCUT2D eigenvalue weighted by atomic mass is 9.78. The fourth-order valence-corrected chi connectivity index (χ4v) is 4.96. The number of carbonyl (C=O) groups is 1. The Morgan fingerprint density at radius 1 is 0.906 bits per heavy atom. The van der Waals surface area contributed by atoms with Gasteiger partial charge in [-0.3, -0.25) is 4.79 Å². The van der Waals surface area contributed by atoms with Crippen LogP contribution in [0.5, 0.6) is 5.75 Å². The largest absolute Gasteiger partial charge is 0.497 e. The van der Waals surface area contributed by atoms with Gasteiger partial charge in [-0.2, -0.15) is 0 Å². The van der Waals surface area contributed by atoms with Crippen molar-refractivity contribution < 1.29 is 17.9 Å². The molecule has 1 fully saturated rings. The Kier molecular flexibility index (Phi) is 6.33. The molecule has 0 bridgehead atoms. The maximum atomic E-state index is 13.2. The minimum absolute atomic E-state index is 0.0976. The van der Waals surface area contributed by atoms with Crippen LogP contribution in [-0.4, -0.2) is 27.7 Å². The molecule has 4 rings (SSSR count). The molecule has 3 aromatic rings. The van der Waals surface area contributed by atoms with E-state index in [1.165, 1.54) is 11.8 Å². The van der Waals surface area contributed by atoms with Crippen LogP contribution in [0.15, 0.2) is 83.8 Å². The van der Waals surface area contributed by atoms with Crippen LogP contribution in [0, 0.1) is 5.92 Å². The van der Waals surface area contributed by atoms with E-state index in [0.29, 0.717) is 0 Å². The van der Waals surface area contributed by atoms with Gasteiger partial charge in [0.2, 0.25) is 5.91 Å². The van der Waals surface area contributed by atoms with E-state index in [0.717, 1.165) is 36.3 Å². The Morgan fingerprint density at radius 3 is 2.16 bits per heavy atom. The van der Waals surface area contributed by atoms with Crippen LogP contribution >= 0.6 is 0 Å². The number of hydrogen-bond acceptors (Lipinski definition) is 4. The van der Waals surface area contributed by atoms with Crippen LogP contribution in [0.3, 0.4) is 0 Å². The number of ether oxygens (including phenoxy) is 1. The van der Waals surface area contributed by atoms with Gasteiger partial charge < -0.3 is 9.64 Å². The quantitative estimate of drug-likeness (QED) is 0.462. The average molecular weight is 450 g/mol. The van der Waals surface area contributed by atoms with Gasteiger partial charge in [0.25, 0.3) is 0 Å². The van der Waals surface area contributed by atoms with E-state index in [2.05, 4.69) is 12.1 Å². The van der Waals surface area contributed by atoms with E-state index in [4.69, 9.17) is 4.74 Å². The van der Waals surface area contributed by atoms with Crippen molar-refractivity contribution in [1.29, 1.82) is 0 Å². The number of amides is 1. The highest BCUT2D eigenvalue weighted by molar-refractivity contribution is 7.90. The normalized spacial score (nSPS) is 18.3. The molecule has 3 aromatic carbocycles. The summed E-state index contributed by atoms with van der Waals surface area (Å²) in [6, 6.07) is 24.5. The summed E-state index contributed by atoms with van der Waals surface area (Å²) in [4.78, 5) is 15.3. The van der Waals surface area contributed by atoms with Crippen LogP contribution in [0.2, 0.25) is 0 Å². The Labute approximate surface area is 189 Å². The number of anilines is 1. The maximum Gasteiger partial charge on any atom is 0.233 e. The van der Waals surface area contributed by atoms with Gasteiger partial charge in [0.05, 0.1) is 24.0 Å². The zero-order valence-electron chi connectivity index (χ0n) is 18.3. The molecular formula is C26H27NO4S. The number of nitrogens with zero attached hydrogens (tertiary/aromatic N) is 1. The molecule has 0 radical (unpaired) electrons. The molecule has 2 atom stereocenters. The summed E-state index contributed by atoms with van der Waals surface area (Å²) < 4.78 is 29.0. The van der Waals surface area contributed by atoms with Crippen LogP contribution < -0.4 is 9.64 Å². The predicted octanol–water partition coefficient (Wildman–Crippen LogP) is 4.83. The Morgan fingerprint density at radius 2 is 1.56 bits per heavy atom. The monoisotopic (exact) mass is 449 g/mol. The van der Waals surface area contributed by atoms with Crippen LogP contribution in [-0.2, 0) is 21.1 Å². The molecule has 1 aliphatic rings. The standard InChI is InChI=1S/C26H27NO4S/c1-31-22-15-13-21(14-16-22)27-25(20-11-17-23(18-12-20)32(2,29)30)24(26(27)28)10-6-9-19-7-4-3-5-8-19/h3-5,7-8,11-18,24-25H,6,9-10H2,1-2H3/t24-,25-/m1/s1. The maximum absolute atomic E-state index is 13.2. The van der Waals surface area contributed by atoms with Crippen molar-refractivity contribution in [2.75, 3.05) is 18.3 Å². The molecule has 0 N–H and O–H groups in total. The van der Waals surface area contributed by atoms with E-state index >= 15 is 0 Å². The van der Waals surface area contributed by atoms with Gasteiger partial charge in [0.15, 0.2) is 9.84 Å². The van der Waals surface area contributed by atoms with Crippen molar-refractivity contribution in [3.63, 3.8) is 0 Å². The first-order valence-corrected chi connectivity index (χ1v) is 12.6. The molecule has 0 aromatic heterocycles. The van der Waals surface area contributed by atoms with Gasteiger partial charge in [-0.15, -0.1) is 0 Å². The molecular weight excluding hydrogens is 422 g/mol. The minimum Gasteiger partial charge on any atom is -0.497 e. The lowest BCUT2D eigenvalue weighted by molar-refractivity contribution is -0.130. The van der Waals surface area contributed by atoms with E-state index < -0.39 is 9.84 Å². The molecule has 0 saturated carbocycles. The van der Waals surface area contributed by atoms with Crippen molar-refractivity contribution in [3.8, 4) is 5.75 Å². The van der Waals surface area contributed by atoms with Gasteiger partial charge in [0.1, 0.15) is 5.75 Å². The van der Waals surface area contributed by atoms with E-state index in [1.807, 2.05) is 59.5 Å². The molecule has 166 valence electrons. The van der Waals surface area contributed by atoms with E-state index in [1.54, 1.807) is 19.2 Å². The summed E-state index contributed by atoms with van der Waals surface area (Å²) in [5.74, 6) is 0.695. The summed E-state index contributed by atoms with van der Waals surface area (Å²) in [5.41, 5.74) is 3.02. The van der Waals surface area contributed by atoms with Gasteiger partial charge in [0, 0.05) is 11.9 Å². The van der Waals surface area contributed by atoms with Gasteiger partial charge >= 0.3 is 0 Å². The van der Waals surface area contributed by atoms with Gasteiger partial charge in [-0.25, -0.2) is 8.42 Å². The van der Waals surface area contributed by atoms with Crippen molar-refractivity contribution in [1.82, 2.24) is 0 Å². The fourth-order valence-electron chi connectivity index (χ4n) is 4.32. The second-order valence-corrected chi connectivity index (χ2v) is 10.2. The Hall–Kier alpha value is -3.12. The van der Waals surface area contributed by atoms with Crippen LogP contribution in [0.1, 0.15) is 30.0 Å². The second kappa shape index (κ2) is 9.17. The molecule has 6 heteroatoms. The molecule has 5 nitrogen and oxygen atoms in total. The zero-order valence-corrected chi connectivity index (χ0v) is 19.1. The topological polar surface area (TPSA) is 63.7 Å². The first-order chi connectivity index (χ1) is 15.4. The molecule has 1 amide bonds. The highest BCUT2D eigenvalue weighted by Crippen LogP contribution is 2.46. The lowest BCUT2D eigenvalue weighted by Crippen LogP contribution is -2.55. The predicted molar refractivity (Wildman–Crippen MR) is 126 cm³/mol. The zero-order chi connectivity index (χ0) is 22.7. The molecule has 0 aliphatic carbocycles. The number of aryl methyl sites for hydroxylation is 1. The smallest absolute Gasteiger partial charge is 0.233 e. The Balaban J connectivity index is 1.58. The number of methoxy groups -OCH3 is 1. The second-order valence-electron chi connectivity index (χ2n) is 8.18. The summed E-state index contributed by atoms with van der Waals surface area (Å²) >= 11 is 0. The van der Waals surface area contributed by atoms with Crippen molar-refractivity contribution in [2.24, 2.45) is 5.92 Å². The first-order valence-electron chi connectivity index (χ1n) is 10.7. The number of rotatable bonds is 8. The summed E-state index contributed by atoms with van der Waals surface area (Å²) in [5, 5.41) is 0. The van der Waals surface area contributed by atoms with E-state index in [-0.39, 0.29) is 22.8 Å². The van der Waals surface area contributed by atoms with Crippen molar-refractivity contribution >= 4 is 21.4 Å². The van der Waals surface area contributed by atoms with E-state index in [9.17, 15) is 13.2 Å². The van der Waals surface area contributed by atoms with Gasteiger partial charge in [-0.05, 0) is 66.8 Å². The number of benzene rings is 3. The molecule has 0 unspecified atom stereocenters. The van der Waals surface area contributed by atoms with Gasteiger partial charge in [-0.1, -0.05) is 42.5 Å². The lowest BCUT2D eigenvalue weighted by Gasteiger charge is -2.47. The number of β-lactam (4-membered cyclic amide) rings is 1. The minimum atomic E-state index is -3.27. The molecule has 0 spiro atoms. The number of sulfone groups is 1. The molecule has 1 aliphatic heterocycles. The van der Waals surface area contributed by atoms with Crippen LogP contribution in [0.25, 0.3) is 0 Å². The third kappa shape index (κ3) is 4.55. The number of carbonyl (C=O) groups excluding carboxylic acids is 1. The average Bonchev–Trinajstić information content (AvgIpc) is 2.80. The molecule has 32 heavy (non-hydrogen) atoms. The third-order valence-corrected chi connectivity index (χ3v) is 7.17. The van der Waals surface area contributed by atoms with Crippen molar-refractivity contribution in [2.45, 2.75) is 30.2 Å². The summed E-state index contributed by atoms with van der Waals surface area (Å²) in [6.45, 7) is 0. The van der Waals surface area contributed by atoms with Crippen LogP contribution in [0.4, 0.5) is 5.69 Å². The number of hydrogen-bond donors (Lipinski definition) is 0. The highest BCUT2D eigenvalue weighted by atomic mass is 32.2. The third-order valence-electron chi connectivity index (χ3n) is 6.04. The summed E-state index contributed by atoms with van der Waals surface area (Å²) in [7, 11) is -1.66. The Bertz CT molecular complexity index is 1170. The fraction of sp³-hybridized carbons (Fsp3) is 0.269. The molecule has 1 saturated heterocycles. The SMILES string of the molecule is COc1ccc(N2C(=O)[C@H](CCCc3ccccc3)[C@H]2c2ccc(S(C)(=O)=O)cc2)cc1.